The molecule has 1 fully saturated rings. The van der Waals surface area contributed by atoms with E-state index in [4.69, 9.17) is 14.2 Å². The van der Waals surface area contributed by atoms with Crippen LogP contribution in [0.25, 0.3) is 0 Å². The molecule has 2 atom stereocenters. The molecule has 0 aliphatic carbocycles. The average molecular weight is 294 g/mol. The maximum Gasteiger partial charge on any atom is 0.161 e. The van der Waals surface area contributed by atoms with Gasteiger partial charge < -0.3 is 19.1 Å². The zero-order valence-corrected chi connectivity index (χ0v) is 13.4. The van der Waals surface area contributed by atoms with Crippen molar-refractivity contribution in [2.24, 2.45) is 0 Å². The van der Waals surface area contributed by atoms with Crippen LogP contribution in [0.5, 0.6) is 11.5 Å². The number of rotatable bonds is 7. The number of benzene rings is 1. The zero-order valence-electron chi connectivity index (χ0n) is 13.4. The Morgan fingerprint density at radius 2 is 1.62 bits per heavy atom. The number of para-hydroxylation sites is 2. The second kappa shape index (κ2) is 8.25. The van der Waals surface area contributed by atoms with Gasteiger partial charge in [-0.3, -0.25) is 0 Å². The van der Waals surface area contributed by atoms with Crippen LogP contribution in [0.2, 0.25) is 0 Å². The van der Waals surface area contributed by atoms with Crippen LogP contribution in [-0.2, 0) is 4.74 Å². The molecule has 1 saturated heterocycles. The van der Waals surface area contributed by atoms with Crippen LogP contribution in [0.15, 0.2) is 24.3 Å². The van der Waals surface area contributed by atoms with Gasteiger partial charge in [0.25, 0.3) is 0 Å². The van der Waals surface area contributed by atoms with Crippen LogP contribution in [0.1, 0.15) is 27.2 Å². The number of hydrogen-bond acceptors (Lipinski definition) is 3. The Labute approximate surface area is 128 Å². The molecule has 0 saturated carbocycles. The number of quaternary nitrogens is 1. The Kier molecular flexibility index (Phi) is 6.33. The maximum absolute atomic E-state index is 5.92. The van der Waals surface area contributed by atoms with E-state index in [2.05, 4.69) is 20.8 Å². The molecule has 0 radical (unpaired) electrons. The molecule has 0 amide bonds. The van der Waals surface area contributed by atoms with Crippen LogP contribution < -0.4 is 14.4 Å². The van der Waals surface area contributed by atoms with Crippen molar-refractivity contribution < 1.29 is 19.1 Å². The molecular weight excluding hydrogens is 266 g/mol. The van der Waals surface area contributed by atoms with E-state index >= 15 is 0 Å². The SMILES string of the molecule is CCCOc1ccccc1OCC[NH+]1C[C@H](C)O[C@@H](C)C1. The van der Waals surface area contributed by atoms with Gasteiger partial charge in [-0.15, -0.1) is 0 Å². The van der Waals surface area contributed by atoms with Crippen LogP contribution in [0.4, 0.5) is 0 Å². The lowest BCUT2D eigenvalue weighted by atomic mass is 10.2. The van der Waals surface area contributed by atoms with Gasteiger partial charge in [0.2, 0.25) is 0 Å². The number of morpholine rings is 1. The summed E-state index contributed by atoms with van der Waals surface area (Å²) in [7, 11) is 0. The first-order valence-corrected chi connectivity index (χ1v) is 8.02. The first-order chi connectivity index (χ1) is 10.2. The highest BCUT2D eigenvalue weighted by Crippen LogP contribution is 2.26. The molecule has 0 spiro atoms. The standard InChI is InChI=1S/C17H27NO3/c1-4-10-19-16-7-5-6-8-17(16)20-11-9-18-12-14(2)21-15(3)13-18/h5-8,14-15H,4,9-13H2,1-3H3/p+1/t14-,15-/m0/s1. The Morgan fingerprint density at radius 3 is 2.19 bits per heavy atom. The fourth-order valence-corrected chi connectivity index (χ4v) is 2.80. The molecule has 1 aliphatic rings. The summed E-state index contributed by atoms with van der Waals surface area (Å²) in [5.41, 5.74) is 0. The van der Waals surface area contributed by atoms with Gasteiger partial charge in [0, 0.05) is 0 Å². The van der Waals surface area contributed by atoms with Crippen molar-refractivity contribution in [3.05, 3.63) is 24.3 Å². The van der Waals surface area contributed by atoms with E-state index < -0.39 is 0 Å². The second-order valence-corrected chi connectivity index (χ2v) is 5.81. The molecule has 0 aromatic heterocycles. The van der Waals surface area contributed by atoms with Gasteiger partial charge in [0.05, 0.1) is 6.61 Å². The summed E-state index contributed by atoms with van der Waals surface area (Å²) in [6.45, 7) is 10.9. The van der Waals surface area contributed by atoms with Crippen molar-refractivity contribution in [1.29, 1.82) is 0 Å². The summed E-state index contributed by atoms with van der Waals surface area (Å²) >= 11 is 0. The smallest absolute Gasteiger partial charge is 0.161 e. The summed E-state index contributed by atoms with van der Waals surface area (Å²) in [4.78, 5) is 1.55. The highest BCUT2D eigenvalue weighted by atomic mass is 16.5. The van der Waals surface area contributed by atoms with Crippen LogP contribution in [-0.4, -0.2) is 45.1 Å². The largest absolute Gasteiger partial charge is 0.490 e. The van der Waals surface area contributed by atoms with Gasteiger partial charge in [0.1, 0.15) is 38.4 Å². The predicted molar refractivity (Wildman–Crippen MR) is 83.3 cm³/mol. The molecule has 0 unspecified atom stereocenters. The minimum Gasteiger partial charge on any atom is -0.490 e. The highest BCUT2D eigenvalue weighted by Gasteiger charge is 2.25. The van der Waals surface area contributed by atoms with Gasteiger partial charge >= 0.3 is 0 Å². The third-order valence-corrected chi connectivity index (χ3v) is 3.64. The van der Waals surface area contributed by atoms with Gasteiger partial charge in [-0.25, -0.2) is 0 Å². The summed E-state index contributed by atoms with van der Waals surface area (Å²) in [5.74, 6) is 1.69. The molecule has 0 bridgehead atoms. The van der Waals surface area contributed by atoms with E-state index in [0.29, 0.717) is 18.8 Å². The normalized spacial score (nSPS) is 25.6. The van der Waals surface area contributed by atoms with E-state index in [1.165, 1.54) is 0 Å². The molecule has 1 aromatic rings. The molecular formula is C17H28NO3+. The molecule has 21 heavy (non-hydrogen) atoms. The predicted octanol–water partition coefficient (Wildman–Crippen LogP) is 1.55. The van der Waals surface area contributed by atoms with Gasteiger partial charge in [-0.05, 0) is 32.4 Å². The zero-order chi connectivity index (χ0) is 15.1. The fourth-order valence-electron chi connectivity index (χ4n) is 2.80. The maximum atomic E-state index is 5.92. The van der Waals surface area contributed by atoms with Crippen molar-refractivity contribution in [3.8, 4) is 11.5 Å². The first kappa shape index (κ1) is 16.1. The topological polar surface area (TPSA) is 32.1 Å². The van der Waals surface area contributed by atoms with Crippen LogP contribution in [0.3, 0.4) is 0 Å². The molecule has 118 valence electrons. The first-order valence-electron chi connectivity index (χ1n) is 8.02. The lowest BCUT2D eigenvalue weighted by Crippen LogP contribution is -3.16. The van der Waals surface area contributed by atoms with Crippen molar-refractivity contribution in [1.82, 2.24) is 0 Å². The molecule has 1 heterocycles. The molecule has 2 rings (SSSR count). The highest BCUT2D eigenvalue weighted by molar-refractivity contribution is 5.39. The Balaban J connectivity index is 1.80. The third kappa shape index (κ3) is 5.21. The summed E-state index contributed by atoms with van der Waals surface area (Å²) in [6, 6.07) is 7.91. The van der Waals surface area contributed by atoms with Crippen molar-refractivity contribution >= 4 is 0 Å². The Morgan fingerprint density at radius 1 is 1.05 bits per heavy atom. The molecule has 4 nitrogen and oxygen atoms in total. The monoisotopic (exact) mass is 294 g/mol. The van der Waals surface area contributed by atoms with Crippen molar-refractivity contribution in [2.75, 3.05) is 32.8 Å². The quantitative estimate of drug-likeness (QED) is 0.828. The van der Waals surface area contributed by atoms with E-state index in [0.717, 1.165) is 44.2 Å². The average Bonchev–Trinajstić information content (AvgIpc) is 2.45. The minimum absolute atomic E-state index is 0.337. The Bertz CT molecular complexity index is 414. The van der Waals surface area contributed by atoms with Crippen LogP contribution >= 0.6 is 0 Å². The minimum atomic E-state index is 0.337. The van der Waals surface area contributed by atoms with Crippen LogP contribution in [0, 0.1) is 0 Å². The number of nitrogens with one attached hydrogen (secondary N) is 1. The van der Waals surface area contributed by atoms with E-state index in [9.17, 15) is 0 Å². The van der Waals surface area contributed by atoms with E-state index in [-0.39, 0.29) is 0 Å². The summed E-state index contributed by atoms with van der Waals surface area (Å²) in [6.07, 6.45) is 1.68. The molecule has 1 aromatic carbocycles. The Hall–Kier alpha value is -1.26. The van der Waals surface area contributed by atoms with Crippen molar-refractivity contribution in [2.45, 2.75) is 39.4 Å². The van der Waals surface area contributed by atoms with Crippen molar-refractivity contribution in [3.63, 3.8) is 0 Å². The molecule has 4 heteroatoms. The molecule has 1 aliphatic heterocycles. The lowest BCUT2D eigenvalue weighted by molar-refractivity contribution is -0.915. The number of hydrogen-bond donors (Lipinski definition) is 1. The van der Waals surface area contributed by atoms with E-state index in [1.54, 1.807) is 4.90 Å². The number of ether oxygens (including phenoxy) is 3. The lowest BCUT2D eigenvalue weighted by Gasteiger charge is -2.32. The van der Waals surface area contributed by atoms with Gasteiger partial charge in [0.15, 0.2) is 11.5 Å². The summed E-state index contributed by atoms with van der Waals surface area (Å²) in [5, 5.41) is 0. The third-order valence-electron chi connectivity index (χ3n) is 3.64. The second-order valence-electron chi connectivity index (χ2n) is 5.81. The van der Waals surface area contributed by atoms with Gasteiger partial charge in [-0.2, -0.15) is 0 Å². The molecule has 1 N–H and O–H groups in total. The summed E-state index contributed by atoms with van der Waals surface area (Å²) < 4.78 is 17.4. The van der Waals surface area contributed by atoms with Gasteiger partial charge in [-0.1, -0.05) is 19.1 Å². The van der Waals surface area contributed by atoms with E-state index in [1.807, 2.05) is 24.3 Å². The fraction of sp³-hybridized carbons (Fsp3) is 0.647.